The molecule has 1 N–H and O–H groups in total. The lowest BCUT2D eigenvalue weighted by molar-refractivity contribution is 0.329. The fourth-order valence-electron chi connectivity index (χ4n) is 1.47. The molecule has 0 aromatic heterocycles. The van der Waals surface area contributed by atoms with E-state index in [-0.39, 0.29) is 6.61 Å². The van der Waals surface area contributed by atoms with Crippen molar-refractivity contribution in [1.82, 2.24) is 0 Å². The zero-order valence-corrected chi connectivity index (χ0v) is 9.83. The van der Waals surface area contributed by atoms with E-state index >= 15 is 0 Å². The van der Waals surface area contributed by atoms with Gasteiger partial charge >= 0.3 is 0 Å². The number of aliphatic hydroxyl groups excluding tert-OH is 1. The van der Waals surface area contributed by atoms with Crippen LogP contribution in [0.2, 0.25) is 0 Å². The molecule has 15 heavy (non-hydrogen) atoms. The summed E-state index contributed by atoms with van der Waals surface area (Å²) in [5.41, 5.74) is 3.60. The number of rotatable bonds is 4. The van der Waals surface area contributed by atoms with Crippen LogP contribution < -0.4 is 0 Å². The first-order chi connectivity index (χ1) is 7.17. The summed E-state index contributed by atoms with van der Waals surface area (Å²) in [7, 11) is 0. The van der Waals surface area contributed by atoms with E-state index in [2.05, 4.69) is 51.1 Å². The molecule has 0 unspecified atom stereocenters. The highest BCUT2D eigenvalue weighted by atomic mass is 16.3. The van der Waals surface area contributed by atoms with E-state index in [0.717, 1.165) is 12.0 Å². The highest BCUT2D eigenvalue weighted by Gasteiger charge is 1.98. The van der Waals surface area contributed by atoms with Gasteiger partial charge in [-0.2, -0.15) is 0 Å². The SMILES string of the molecule is CCC(=Cc1ccc(C(C)C)cc1)CO. The molecule has 1 nitrogen and oxygen atoms in total. The van der Waals surface area contributed by atoms with Crippen molar-refractivity contribution in [3.05, 3.63) is 41.0 Å². The summed E-state index contributed by atoms with van der Waals surface area (Å²) in [6, 6.07) is 8.53. The maximum absolute atomic E-state index is 9.06. The van der Waals surface area contributed by atoms with Crippen molar-refractivity contribution in [2.45, 2.75) is 33.1 Å². The molecule has 1 aromatic rings. The molecular weight excluding hydrogens is 184 g/mol. The lowest BCUT2D eigenvalue weighted by Crippen LogP contribution is -1.89. The molecule has 0 saturated carbocycles. The van der Waals surface area contributed by atoms with Crippen molar-refractivity contribution in [1.29, 1.82) is 0 Å². The molecule has 0 radical (unpaired) electrons. The van der Waals surface area contributed by atoms with Crippen molar-refractivity contribution in [3.8, 4) is 0 Å². The molecule has 0 fully saturated rings. The molecule has 82 valence electrons. The summed E-state index contributed by atoms with van der Waals surface area (Å²) >= 11 is 0. The quantitative estimate of drug-likeness (QED) is 0.794. The van der Waals surface area contributed by atoms with Crippen molar-refractivity contribution in [2.24, 2.45) is 0 Å². The topological polar surface area (TPSA) is 20.2 Å². The lowest BCUT2D eigenvalue weighted by Gasteiger charge is -2.05. The zero-order chi connectivity index (χ0) is 11.3. The van der Waals surface area contributed by atoms with E-state index in [1.54, 1.807) is 0 Å². The summed E-state index contributed by atoms with van der Waals surface area (Å²) < 4.78 is 0. The standard InChI is InChI=1S/C14H20O/c1-4-12(10-15)9-13-5-7-14(8-6-13)11(2)3/h5-9,11,15H,4,10H2,1-3H3. The Bertz CT molecular complexity index is 314. The van der Waals surface area contributed by atoms with Crippen LogP contribution in [0.5, 0.6) is 0 Å². The minimum Gasteiger partial charge on any atom is -0.392 e. The number of benzene rings is 1. The third-order valence-electron chi connectivity index (χ3n) is 2.63. The Morgan fingerprint density at radius 3 is 2.27 bits per heavy atom. The summed E-state index contributed by atoms with van der Waals surface area (Å²) in [4.78, 5) is 0. The first-order valence-electron chi connectivity index (χ1n) is 5.57. The van der Waals surface area contributed by atoms with Gasteiger partial charge in [0.25, 0.3) is 0 Å². The number of aliphatic hydroxyl groups is 1. The van der Waals surface area contributed by atoms with Crippen LogP contribution in [0.15, 0.2) is 29.8 Å². The molecule has 0 spiro atoms. The van der Waals surface area contributed by atoms with Gasteiger partial charge in [-0.25, -0.2) is 0 Å². The molecule has 0 heterocycles. The van der Waals surface area contributed by atoms with E-state index < -0.39 is 0 Å². The maximum Gasteiger partial charge on any atom is 0.0644 e. The Kier molecular flexibility index (Phi) is 4.57. The van der Waals surface area contributed by atoms with Crippen LogP contribution in [0, 0.1) is 0 Å². The summed E-state index contributed by atoms with van der Waals surface area (Å²) in [6.07, 6.45) is 2.96. The average molecular weight is 204 g/mol. The van der Waals surface area contributed by atoms with Gasteiger partial charge < -0.3 is 5.11 Å². The molecule has 1 heteroatoms. The third kappa shape index (κ3) is 3.52. The average Bonchev–Trinajstić information content (AvgIpc) is 2.26. The highest BCUT2D eigenvalue weighted by Crippen LogP contribution is 2.16. The minimum absolute atomic E-state index is 0.155. The summed E-state index contributed by atoms with van der Waals surface area (Å²) in [6.45, 7) is 6.60. The molecule has 0 atom stereocenters. The molecule has 0 amide bonds. The van der Waals surface area contributed by atoms with E-state index in [9.17, 15) is 0 Å². The largest absolute Gasteiger partial charge is 0.392 e. The van der Waals surface area contributed by atoms with E-state index in [1.807, 2.05) is 0 Å². The van der Waals surface area contributed by atoms with E-state index in [1.165, 1.54) is 11.1 Å². The Balaban J connectivity index is 2.84. The molecule has 0 bridgehead atoms. The van der Waals surface area contributed by atoms with Gasteiger partial charge in [-0.3, -0.25) is 0 Å². The Morgan fingerprint density at radius 1 is 1.27 bits per heavy atom. The Labute approximate surface area is 92.5 Å². The van der Waals surface area contributed by atoms with Gasteiger partial charge in [0.2, 0.25) is 0 Å². The normalized spacial score (nSPS) is 12.2. The van der Waals surface area contributed by atoms with Gasteiger partial charge in [-0.1, -0.05) is 51.1 Å². The maximum atomic E-state index is 9.06. The van der Waals surface area contributed by atoms with Crippen LogP contribution in [0.4, 0.5) is 0 Å². The van der Waals surface area contributed by atoms with Crippen LogP contribution in [-0.4, -0.2) is 11.7 Å². The molecule has 0 aliphatic rings. The molecule has 1 aromatic carbocycles. The predicted octanol–water partition coefficient (Wildman–Crippen LogP) is 3.60. The van der Waals surface area contributed by atoms with E-state index in [4.69, 9.17) is 5.11 Å². The second-order valence-electron chi connectivity index (χ2n) is 4.14. The molecular formula is C14H20O. The zero-order valence-electron chi connectivity index (χ0n) is 9.83. The fraction of sp³-hybridized carbons (Fsp3) is 0.429. The number of hydrogen-bond acceptors (Lipinski definition) is 1. The van der Waals surface area contributed by atoms with Gasteiger partial charge in [0.05, 0.1) is 6.61 Å². The molecule has 0 aliphatic heterocycles. The van der Waals surface area contributed by atoms with Gasteiger partial charge in [-0.15, -0.1) is 0 Å². The van der Waals surface area contributed by atoms with Crippen LogP contribution in [0.25, 0.3) is 6.08 Å². The lowest BCUT2D eigenvalue weighted by atomic mass is 10.0. The Hall–Kier alpha value is -1.08. The Morgan fingerprint density at radius 2 is 1.87 bits per heavy atom. The minimum atomic E-state index is 0.155. The summed E-state index contributed by atoms with van der Waals surface area (Å²) in [5, 5.41) is 9.06. The van der Waals surface area contributed by atoms with Crippen LogP contribution in [-0.2, 0) is 0 Å². The first kappa shape index (κ1) is 12.0. The second kappa shape index (κ2) is 5.72. The fourth-order valence-corrected chi connectivity index (χ4v) is 1.47. The van der Waals surface area contributed by atoms with E-state index in [0.29, 0.717) is 5.92 Å². The smallest absolute Gasteiger partial charge is 0.0644 e. The van der Waals surface area contributed by atoms with Crippen molar-refractivity contribution >= 4 is 6.08 Å². The second-order valence-corrected chi connectivity index (χ2v) is 4.14. The van der Waals surface area contributed by atoms with Gasteiger partial charge in [0.1, 0.15) is 0 Å². The molecule has 1 rings (SSSR count). The first-order valence-corrected chi connectivity index (χ1v) is 5.57. The third-order valence-corrected chi connectivity index (χ3v) is 2.63. The summed E-state index contributed by atoms with van der Waals surface area (Å²) in [5.74, 6) is 0.575. The highest BCUT2D eigenvalue weighted by molar-refractivity contribution is 5.53. The van der Waals surface area contributed by atoms with Crippen LogP contribution >= 0.6 is 0 Å². The van der Waals surface area contributed by atoms with Gasteiger partial charge in [0, 0.05) is 0 Å². The van der Waals surface area contributed by atoms with Gasteiger partial charge in [-0.05, 0) is 29.0 Å². The predicted molar refractivity (Wildman–Crippen MR) is 65.9 cm³/mol. The van der Waals surface area contributed by atoms with Crippen LogP contribution in [0.1, 0.15) is 44.2 Å². The molecule has 0 saturated heterocycles. The van der Waals surface area contributed by atoms with Crippen molar-refractivity contribution in [2.75, 3.05) is 6.61 Å². The van der Waals surface area contributed by atoms with Crippen molar-refractivity contribution in [3.63, 3.8) is 0 Å². The van der Waals surface area contributed by atoms with Crippen LogP contribution in [0.3, 0.4) is 0 Å². The monoisotopic (exact) mass is 204 g/mol. The molecule has 0 aliphatic carbocycles. The van der Waals surface area contributed by atoms with Crippen molar-refractivity contribution < 1.29 is 5.11 Å². The number of hydrogen-bond donors (Lipinski definition) is 1. The van der Waals surface area contributed by atoms with Gasteiger partial charge in [0.15, 0.2) is 0 Å².